The van der Waals surface area contributed by atoms with Gasteiger partial charge < -0.3 is 5.32 Å². The summed E-state index contributed by atoms with van der Waals surface area (Å²) in [6.45, 7) is 6.28. The van der Waals surface area contributed by atoms with Gasteiger partial charge in [-0.25, -0.2) is 4.98 Å². The molecule has 1 rings (SSSR count). The minimum atomic E-state index is -0.0690. The van der Waals surface area contributed by atoms with E-state index in [9.17, 15) is 4.79 Å². The van der Waals surface area contributed by atoms with Crippen LogP contribution in [0.5, 0.6) is 0 Å². The molecule has 1 aromatic heterocycles. The molecule has 0 radical (unpaired) electrons. The number of carbonyl (C=O) groups is 1. The summed E-state index contributed by atoms with van der Waals surface area (Å²) >= 11 is 3.27. The van der Waals surface area contributed by atoms with E-state index in [-0.39, 0.29) is 11.9 Å². The molecule has 0 aliphatic carbocycles. The van der Waals surface area contributed by atoms with Crippen molar-refractivity contribution in [3.8, 4) is 0 Å². The van der Waals surface area contributed by atoms with Crippen LogP contribution in [-0.4, -0.2) is 16.9 Å². The van der Waals surface area contributed by atoms with Gasteiger partial charge in [0.2, 0.25) is 0 Å². The molecule has 16 heavy (non-hydrogen) atoms. The number of rotatable bonds is 4. The van der Waals surface area contributed by atoms with Crippen molar-refractivity contribution >= 4 is 21.8 Å². The second-order valence-corrected chi connectivity index (χ2v) is 4.83. The Labute approximate surface area is 105 Å². The zero-order valence-corrected chi connectivity index (χ0v) is 11.4. The average molecular weight is 285 g/mol. The van der Waals surface area contributed by atoms with Crippen molar-refractivity contribution in [3.63, 3.8) is 0 Å². The number of pyridine rings is 1. The molecule has 0 aliphatic heterocycles. The first-order valence-electron chi connectivity index (χ1n) is 5.47. The smallest absolute Gasteiger partial charge is 0.254 e. The molecule has 1 N–H and O–H groups in total. The molecule has 0 fully saturated rings. The first-order valence-corrected chi connectivity index (χ1v) is 6.27. The number of nitrogens with zero attached hydrogens (tertiary/aromatic N) is 1. The van der Waals surface area contributed by atoms with Gasteiger partial charge in [0, 0.05) is 12.2 Å². The molecule has 0 aromatic carbocycles. The lowest BCUT2D eigenvalue weighted by atomic mass is 10.0. The lowest BCUT2D eigenvalue weighted by Crippen LogP contribution is -2.38. The van der Waals surface area contributed by atoms with Gasteiger partial charge in [-0.2, -0.15) is 0 Å². The van der Waals surface area contributed by atoms with Crippen LogP contribution in [0.4, 0.5) is 0 Å². The number of hydrogen-bond acceptors (Lipinski definition) is 2. The van der Waals surface area contributed by atoms with Crippen LogP contribution < -0.4 is 5.32 Å². The van der Waals surface area contributed by atoms with Crippen LogP contribution >= 0.6 is 15.9 Å². The molecule has 1 unspecified atom stereocenters. The van der Waals surface area contributed by atoms with Gasteiger partial charge >= 0.3 is 0 Å². The average Bonchev–Trinajstić information content (AvgIpc) is 2.25. The van der Waals surface area contributed by atoms with E-state index in [1.54, 1.807) is 18.3 Å². The van der Waals surface area contributed by atoms with E-state index in [1.165, 1.54) is 0 Å². The molecule has 3 nitrogen and oxygen atoms in total. The van der Waals surface area contributed by atoms with E-state index in [2.05, 4.69) is 47.0 Å². The number of aromatic nitrogens is 1. The zero-order chi connectivity index (χ0) is 12.1. The van der Waals surface area contributed by atoms with E-state index >= 15 is 0 Å². The van der Waals surface area contributed by atoms with Gasteiger partial charge in [0.05, 0.1) is 5.56 Å². The van der Waals surface area contributed by atoms with Gasteiger partial charge in [-0.1, -0.05) is 20.8 Å². The van der Waals surface area contributed by atoms with Crippen molar-refractivity contribution in [3.05, 3.63) is 28.5 Å². The lowest BCUT2D eigenvalue weighted by Gasteiger charge is -2.20. The monoisotopic (exact) mass is 284 g/mol. The van der Waals surface area contributed by atoms with Gasteiger partial charge in [0.1, 0.15) is 4.60 Å². The summed E-state index contributed by atoms with van der Waals surface area (Å²) in [6.07, 6.45) is 2.59. The number of amides is 1. The third-order valence-electron chi connectivity index (χ3n) is 2.56. The van der Waals surface area contributed by atoms with Crippen molar-refractivity contribution in [2.75, 3.05) is 0 Å². The van der Waals surface area contributed by atoms with Crippen molar-refractivity contribution in [1.29, 1.82) is 0 Å². The maximum Gasteiger partial charge on any atom is 0.254 e. The molecule has 1 aromatic rings. The van der Waals surface area contributed by atoms with Crippen LogP contribution in [0.3, 0.4) is 0 Å². The Bertz CT molecular complexity index is 366. The molecule has 88 valence electrons. The molecule has 4 heteroatoms. The maximum atomic E-state index is 12.0. The minimum absolute atomic E-state index is 0.0690. The normalized spacial score (nSPS) is 12.6. The standard InChI is InChI=1S/C12H17BrN2O/c1-4-10(8(2)3)15-12(16)9-6-5-7-14-11(9)13/h5-8,10H,4H2,1-3H3,(H,15,16). The highest BCUT2D eigenvalue weighted by molar-refractivity contribution is 9.10. The van der Waals surface area contributed by atoms with Gasteiger partial charge in [-0.3, -0.25) is 4.79 Å². The van der Waals surface area contributed by atoms with Gasteiger partial charge in [-0.15, -0.1) is 0 Å². The molecule has 0 bridgehead atoms. The fourth-order valence-electron chi connectivity index (χ4n) is 1.54. The van der Waals surface area contributed by atoms with E-state index in [0.717, 1.165) is 6.42 Å². The number of carbonyl (C=O) groups excluding carboxylic acids is 1. The Balaban J connectivity index is 2.76. The predicted molar refractivity (Wildman–Crippen MR) is 68.3 cm³/mol. The van der Waals surface area contributed by atoms with Crippen molar-refractivity contribution in [2.45, 2.75) is 33.2 Å². The molecule has 0 aliphatic rings. The van der Waals surface area contributed by atoms with Crippen LogP contribution in [0.2, 0.25) is 0 Å². The van der Waals surface area contributed by atoms with Crippen LogP contribution in [0, 0.1) is 5.92 Å². The Morgan fingerprint density at radius 3 is 2.75 bits per heavy atom. The Hall–Kier alpha value is -0.900. The number of nitrogens with one attached hydrogen (secondary N) is 1. The van der Waals surface area contributed by atoms with Crippen molar-refractivity contribution < 1.29 is 4.79 Å². The Kier molecular flexibility index (Phi) is 4.93. The summed E-state index contributed by atoms with van der Waals surface area (Å²) in [7, 11) is 0. The molecule has 1 heterocycles. The topological polar surface area (TPSA) is 42.0 Å². The highest BCUT2D eigenvalue weighted by Gasteiger charge is 2.16. The van der Waals surface area contributed by atoms with Gasteiger partial charge in [0.25, 0.3) is 5.91 Å². The SMILES string of the molecule is CCC(NC(=O)c1cccnc1Br)C(C)C. The largest absolute Gasteiger partial charge is 0.349 e. The molecule has 0 saturated carbocycles. The molecule has 1 amide bonds. The van der Waals surface area contributed by atoms with E-state index in [0.29, 0.717) is 16.1 Å². The fourth-order valence-corrected chi connectivity index (χ4v) is 1.97. The molecule has 1 atom stereocenters. The van der Waals surface area contributed by atoms with E-state index in [1.807, 2.05) is 0 Å². The molecule has 0 spiro atoms. The second-order valence-electron chi connectivity index (χ2n) is 4.07. The molecular weight excluding hydrogens is 268 g/mol. The first-order chi connectivity index (χ1) is 7.56. The van der Waals surface area contributed by atoms with Crippen molar-refractivity contribution in [2.24, 2.45) is 5.92 Å². The Morgan fingerprint density at radius 1 is 1.56 bits per heavy atom. The summed E-state index contributed by atoms with van der Waals surface area (Å²) in [5.41, 5.74) is 0.585. The minimum Gasteiger partial charge on any atom is -0.349 e. The third kappa shape index (κ3) is 3.30. The van der Waals surface area contributed by atoms with Crippen molar-refractivity contribution in [1.82, 2.24) is 10.3 Å². The van der Waals surface area contributed by atoms with E-state index in [4.69, 9.17) is 0 Å². The lowest BCUT2D eigenvalue weighted by molar-refractivity contribution is 0.0923. The molecule has 0 saturated heterocycles. The van der Waals surface area contributed by atoms with Crippen LogP contribution in [-0.2, 0) is 0 Å². The fraction of sp³-hybridized carbons (Fsp3) is 0.500. The summed E-state index contributed by atoms with van der Waals surface area (Å²) in [4.78, 5) is 16.0. The summed E-state index contributed by atoms with van der Waals surface area (Å²) < 4.78 is 0.589. The van der Waals surface area contributed by atoms with Gasteiger partial charge in [-0.05, 0) is 40.4 Å². The van der Waals surface area contributed by atoms with Crippen LogP contribution in [0.25, 0.3) is 0 Å². The summed E-state index contributed by atoms with van der Waals surface area (Å²) in [6, 6.07) is 3.73. The van der Waals surface area contributed by atoms with Crippen LogP contribution in [0.1, 0.15) is 37.6 Å². The van der Waals surface area contributed by atoms with Gasteiger partial charge in [0.15, 0.2) is 0 Å². The highest BCUT2D eigenvalue weighted by Crippen LogP contribution is 2.14. The predicted octanol–water partition coefficient (Wildman–Crippen LogP) is 3.01. The zero-order valence-electron chi connectivity index (χ0n) is 9.83. The number of hydrogen-bond donors (Lipinski definition) is 1. The quantitative estimate of drug-likeness (QED) is 0.864. The van der Waals surface area contributed by atoms with E-state index < -0.39 is 0 Å². The highest BCUT2D eigenvalue weighted by atomic mass is 79.9. The number of halogens is 1. The van der Waals surface area contributed by atoms with Crippen LogP contribution in [0.15, 0.2) is 22.9 Å². The maximum absolute atomic E-state index is 12.0. The summed E-state index contributed by atoms with van der Waals surface area (Å²) in [5.74, 6) is 0.366. The Morgan fingerprint density at radius 2 is 2.25 bits per heavy atom. The summed E-state index contributed by atoms with van der Waals surface area (Å²) in [5, 5.41) is 3.01. The molecular formula is C12H17BrN2O. The first kappa shape index (κ1) is 13.2. The second kappa shape index (κ2) is 5.99. The third-order valence-corrected chi connectivity index (χ3v) is 3.20.